The first-order valence-electron chi connectivity index (χ1n) is 5.59. The molecule has 0 fully saturated rings. The number of rotatable bonds is 0. The molecule has 0 N–H and O–H groups in total. The van der Waals surface area contributed by atoms with E-state index < -0.39 is 0 Å². The van der Waals surface area contributed by atoms with E-state index in [1.54, 1.807) is 11.3 Å². The van der Waals surface area contributed by atoms with Crippen LogP contribution in [0, 0.1) is 6.92 Å². The van der Waals surface area contributed by atoms with Crippen LogP contribution in [0.2, 0.25) is 0 Å². The molecule has 0 spiro atoms. The number of hydrogen-bond acceptors (Lipinski definition) is 2. The van der Waals surface area contributed by atoms with Gasteiger partial charge in [0.2, 0.25) is 0 Å². The molecule has 0 bridgehead atoms. The molecule has 4 aromatic rings. The lowest BCUT2D eigenvalue weighted by Gasteiger charge is -1.95. The summed E-state index contributed by atoms with van der Waals surface area (Å²) in [6.45, 7) is 2.11. The summed E-state index contributed by atoms with van der Waals surface area (Å²) in [6, 6.07) is 12.6. The van der Waals surface area contributed by atoms with E-state index in [1.807, 2.05) is 0 Å². The maximum absolute atomic E-state index is 4.78. The number of fused-ring (bicyclic) bond motifs is 5. The van der Waals surface area contributed by atoms with Gasteiger partial charge in [0.05, 0.1) is 0 Å². The second-order valence-corrected chi connectivity index (χ2v) is 5.28. The zero-order valence-corrected chi connectivity index (χ0v) is 10.2. The van der Waals surface area contributed by atoms with Crippen LogP contribution in [0.5, 0.6) is 0 Å². The van der Waals surface area contributed by atoms with Gasteiger partial charge in [-0.15, -0.1) is 11.3 Å². The van der Waals surface area contributed by atoms with Crippen molar-refractivity contribution >= 4 is 37.4 Å². The zero-order valence-electron chi connectivity index (χ0n) is 9.34. The number of aromatic nitrogens is 2. The number of pyridine rings is 1. The van der Waals surface area contributed by atoms with Crippen molar-refractivity contribution in [1.29, 1.82) is 0 Å². The van der Waals surface area contributed by atoms with Gasteiger partial charge in [-0.3, -0.25) is 4.40 Å². The van der Waals surface area contributed by atoms with Crippen LogP contribution in [0.15, 0.2) is 42.6 Å². The molecular formula is C14H10N2S. The van der Waals surface area contributed by atoms with Crippen LogP contribution < -0.4 is 0 Å². The fraction of sp³-hybridized carbons (Fsp3) is 0.0714. The number of imidazole rings is 1. The minimum atomic E-state index is 1.07. The van der Waals surface area contributed by atoms with E-state index in [1.165, 1.54) is 20.5 Å². The number of benzene rings is 1. The summed E-state index contributed by atoms with van der Waals surface area (Å²) in [5.74, 6) is 0. The Morgan fingerprint density at radius 3 is 2.94 bits per heavy atom. The normalized spacial score (nSPS) is 11.8. The third-order valence-corrected chi connectivity index (χ3v) is 4.31. The summed E-state index contributed by atoms with van der Waals surface area (Å²) in [4.78, 5) is 6.02. The van der Waals surface area contributed by atoms with Gasteiger partial charge in [0, 0.05) is 16.3 Å². The van der Waals surface area contributed by atoms with Gasteiger partial charge in [0.25, 0.3) is 0 Å². The molecule has 3 heterocycles. The molecule has 0 unspecified atom stereocenters. The first-order chi connectivity index (χ1) is 8.34. The molecule has 0 aliphatic rings. The van der Waals surface area contributed by atoms with Crippen LogP contribution in [0.3, 0.4) is 0 Å². The molecule has 0 atom stereocenters. The molecule has 82 valence electrons. The lowest BCUT2D eigenvalue weighted by atomic mass is 10.2. The van der Waals surface area contributed by atoms with E-state index in [9.17, 15) is 0 Å². The molecule has 0 radical (unpaired) electrons. The minimum Gasteiger partial charge on any atom is -0.291 e. The maximum Gasteiger partial charge on any atom is 0.141 e. The first kappa shape index (κ1) is 9.19. The van der Waals surface area contributed by atoms with Crippen LogP contribution in [0.25, 0.3) is 26.1 Å². The van der Waals surface area contributed by atoms with Crippen LogP contribution >= 0.6 is 11.3 Å². The van der Waals surface area contributed by atoms with Crippen molar-refractivity contribution in [1.82, 2.24) is 9.38 Å². The lowest BCUT2D eigenvalue weighted by Crippen LogP contribution is -1.84. The number of thiophene rings is 1. The highest BCUT2D eigenvalue weighted by molar-refractivity contribution is 7.25. The van der Waals surface area contributed by atoms with Crippen LogP contribution in [0.4, 0.5) is 0 Å². The molecule has 0 amide bonds. The van der Waals surface area contributed by atoms with Crippen molar-refractivity contribution in [2.45, 2.75) is 6.92 Å². The fourth-order valence-electron chi connectivity index (χ4n) is 2.31. The van der Waals surface area contributed by atoms with Gasteiger partial charge in [-0.25, -0.2) is 4.98 Å². The van der Waals surface area contributed by atoms with Crippen LogP contribution in [-0.4, -0.2) is 9.38 Å². The summed E-state index contributed by atoms with van der Waals surface area (Å²) in [5, 5.41) is 1.26. The van der Waals surface area contributed by atoms with E-state index in [0.29, 0.717) is 0 Å². The van der Waals surface area contributed by atoms with Gasteiger partial charge >= 0.3 is 0 Å². The van der Waals surface area contributed by atoms with Gasteiger partial charge in [-0.1, -0.05) is 24.3 Å². The molecule has 1 aromatic carbocycles. The standard InChI is InChI=1S/C14H10N2S/c1-9-5-4-8-16-13(9)15-12-10-6-2-3-7-11(10)17-14(12)16/h2-8H,1H3. The zero-order chi connectivity index (χ0) is 11.4. The molecule has 0 saturated heterocycles. The van der Waals surface area contributed by atoms with E-state index in [4.69, 9.17) is 4.98 Å². The number of hydrogen-bond donors (Lipinski definition) is 0. The Bertz CT molecular complexity index is 854. The Morgan fingerprint density at radius 2 is 2.00 bits per heavy atom. The SMILES string of the molecule is Cc1cccn2c1nc1c3ccccc3sc12. The molecule has 3 aromatic heterocycles. The molecule has 3 heteroatoms. The Hall–Kier alpha value is -1.87. The highest BCUT2D eigenvalue weighted by atomic mass is 32.1. The van der Waals surface area contributed by atoms with Crippen LogP contribution in [0.1, 0.15) is 5.56 Å². The highest BCUT2D eigenvalue weighted by Gasteiger charge is 2.11. The second-order valence-electron chi connectivity index (χ2n) is 4.25. The maximum atomic E-state index is 4.78. The average molecular weight is 238 g/mol. The van der Waals surface area contributed by atoms with Crippen molar-refractivity contribution in [2.75, 3.05) is 0 Å². The molecule has 0 saturated carbocycles. The van der Waals surface area contributed by atoms with E-state index in [2.05, 4.69) is 53.9 Å². The second kappa shape index (κ2) is 3.08. The molecular weight excluding hydrogens is 228 g/mol. The predicted molar refractivity (Wildman–Crippen MR) is 72.8 cm³/mol. The summed E-state index contributed by atoms with van der Waals surface area (Å²) in [5.41, 5.74) is 3.42. The topological polar surface area (TPSA) is 17.3 Å². The van der Waals surface area contributed by atoms with Crippen LogP contribution in [-0.2, 0) is 0 Å². The number of nitrogens with zero attached hydrogens (tertiary/aromatic N) is 2. The van der Waals surface area contributed by atoms with Crippen molar-refractivity contribution < 1.29 is 0 Å². The first-order valence-corrected chi connectivity index (χ1v) is 6.41. The van der Waals surface area contributed by atoms with Crippen molar-refractivity contribution in [3.05, 3.63) is 48.2 Å². The van der Waals surface area contributed by atoms with Crippen molar-refractivity contribution in [2.24, 2.45) is 0 Å². The Kier molecular flexibility index (Phi) is 1.66. The number of aryl methyl sites for hydroxylation is 1. The Balaban J connectivity index is 2.33. The van der Waals surface area contributed by atoms with Gasteiger partial charge in [0.15, 0.2) is 0 Å². The molecule has 0 aliphatic carbocycles. The summed E-state index contributed by atoms with van der Waals surface area (Å²) >= 11 is 1.81. The smallest absolute Gasteiger partial charge is 0.141 e. The molecule has 17 heavy (non-hydrogen) atoms. The molecule has 4 rings (SSSR count). The van der Waals surface area contributed by atoms with Crippen molar-refractivity contribution in [3.63, 3.8) is 0 Å². The van der Waals surface area contributed by atoms with Gasteiger partial charge in [-0.2, -0.15) is 0 Å². The fourth-order valence-corrected chi connectivity index (χ4v) is 3.44. The summed E-state index contributed by atoms with van der Waals surface area (Å²) in [6.07, 6.45) is 2.09. The minimum absolute atomic E-state index is 1.07. The summed E-state index contributed by atoms with van der Waals surface area (Å²) in [7, 11) is 0. The largest absolute Gasteiger partial charge is 0.291 e. The lowest BCUT2D eigenvalue weighted by molar-refractivity contribution is 1.21. The Labute approximate surface area is 102 Å². The monoisotopic (exact) mass is 238 g/mol. The van der Waals surface area contributed by atoms with E-state index in [0.717, 1.165) is 11.2 Å². The highest BCUT2D eigenvalue weighted by Crippen LogP contribution is 2.34. The Morgan fingerprint density at radius 1 is 1.12 bits per heavy atom. The van der Waals surface area contributed by atoms with Gasteiger partial charge < -0.3 is 0 Å². The van der Waals surface area contributed by atoms with E-state index in [-0.39, 0.29) is 0 Å². The predicted octanol–water partition coefficient (Wildman–Crippen LogP) is 4.01. The van der Waals surface area contributed by atoms with Gasteiger partial charge in [-0.05, 0) is 24.6 Å². The molecule has 2 nitrogen and oxygen atoms in total. The van der Waals surface area contributed by atoms with Crippen molar-refractivity contribution in [3.8, 4) is 0 Å². The third kappa shape index (κ3) is 1.12. The average Bonchev–Trinajstić information content (AvgIpc) is 2.87. The van der Waals surface area contributed by atoms with E-state index >= 15 is 0 Å². The third-order valence-electron chi connectivity index (χ3n) is 3.15. The summed E-state index contributed by atoms with van der Waals surface area (Å²) < 4.78 is 3.50. The van der Waals surface area contributed by atoms with Gasteiger partial charge in [0.1, 0.15) is 16.0 Å². The quantitative estimate of drug-likeness (QED) is 0.452. The molecule has 0 aliphatic heterocycles.